The van der Waals surface area contributed by atoms with Crippen LogP contribution in [0.2, 0.25) is 0 Å². The molecule has 0 fully saturated rings. The molecule has 2 aromatic rings. The highest BCUT2D eigenvalue weighted by atomic mass is 79.9. The van der Waals surface area contributed by atoms with E-state index >= 15 is 0 Å². The Labute approximate surface area is 107 Å². The number of hydrogen-bond donors (Lipinski definition) is 1. The first-order valence-electron chi connectivity index (χ1n) is 4.97. The van der Waals surface area contributed by atoms with Gasteiger partial charge in [0.1, 0.15) is 0 Å². The maximum absolute atomic E-state index is 5.81. The van der Waals surface area contributed by atoms with Crippen LogP contribution in [0.1, 0.15) is 11.4 Å². The molecule has 1 aromatic heterocycles. The number of nitrogens with zero attached hydrogens (tertiary/aromatic N) is 3. The van der Waals surface area contributed by atoms with Crippen molar-refractivity contribution in [1.29, 1.82) is 0 Å². The molecule has 17 heavy (non-hydrogen) atoms. The molecule has 0 unspecified atom stereocenters. The molecular weight excluding hydrogens is 284 g/mol. The van der Waals surface area contributed by atoms with Crippen molar-refractivity contribution in [1.82, 2.24) is 15.2 Å². The number of halogens is 1. The molecule has 0 amide bonds. The van der Waals surface area contributed by atoms with Gasteiger partial charge in [-0.05, 0) is 32.0 Å². The van der Waals surface area contributed by atoms with Crippen molar-refractivity contribution in [2.45, 2.75) is 13.8 Å². The molecule has 0 saturated heterocycles. The Bertz CT molecular complexity index is 559. The van der Waals surface area contributed by atoms with E-state index in [-0.39, 0.29) is 6.01 Å². The van der Waals surface area contributed by atoms with Gasteiger partial charge >= 0.3 is 6.01 Å². The van der Waals surface area contributed by atoms with E-state index in [9.17, 15) is 0 Å². The molecule has 5 nitrogen and oxygen atoms in total. The van der Waals surface area contributed by atoms with Crippen molar-refractivity contribution in [3.8, 4) is 11.8 Å². The second-order valence-corrected chi connectivity index (χ2v) is 4.47. The van der Waals surface area contributed by atoms with Gasteiger partial charge in [-0.3, -0.25) is 0 Å². The number of anilines is 1. The molecule has 0 aliphatic rings. The monoisotopic (exact) mass is 294 g/mol. The van der Waals surface area contributed by atoms with Crippen LogP contribution in [-0.4, -0.2) is 15.2 Å². The predicted molar refractivity (Wildman–Crippen MR) is 67.9 cm³/mol. The van der Waals surface area contributed by atoms with E-state index in [4.69, 9.17) is 10.5 Å². The summed E-state index contributed by atoms with van der Waals surface area (Å²) in [6.07, 6.45) is 0. The van der Waals surface area contributed by atoms with Crippen LogP contribution in [0.25, 0.3) is 0 Å². The summed E-state index contributed by atoms with van der Waals surface area (Å²) < 4.78 is 6.36. The number of nitrogens with two attached hydrogens (primary N) is 1. The first-order chi connectivity index (χ1) is 8.06. The molecular formula is C11H11BrN4O. The van der Waals surface area contributed by atoms with Crippen LogP contribution in [0.3, 0.4) is 0 Å². The number of rotatable bonds is 2. The number of nitrogen functional groups attached to an aromatic ring is 1. The van der Waals surface area contributed by atoms with Crippen LogP contribution in [0.5, 0.6) is 11.8 Å². The van der Waals surface area contributed by atoms with Crippen molar-refractivity contribution in [3.63, 3.8) is 0 Å². The molecule has 1 heterocycles. The maximum Gasteiger partial charge on any atom is 0.341 e. The van der Waals surface area contributed by atoms with Gasteiger partial charge < -0.3 is 10.5 Å². The highest BCUT2D eigenvalue weighted by Crippen LogP contribution is 2.28. The summed E-state index contributed by atoms with van der Waals surface area (Å²) in [4.78, 5) is 4.17. The van der Waals surface area contributed by atoms with Crippen LogP contribution >= 0.6 is 15.9 Å². The van der Waals surface area contributed by atoms with Crippen LogP contribution < -0.4 is 10.5 Å². The van der Waals surface area contributed by atoms with Gasteiger partial charge in [0.25, 0.3) is 0 Å². The van der Waals surface area contributed by atoms with Gasteiger partial charge in [0.15, 0.2) is 5.75 Å². The van der Waals surface area contributed by atoms with Crippen molar-refractivity contribution in [3.05, 3.63) is 34.1 Å². The largest absolute Gasteiger partial charge is 0.421 e. The summed E-state index contributed by atoms with van der Waals surface area (Å²) in [5, 5.41) is 7.78. The lowest BCUT2D eigenvalue weighted by molar-refractivity contribution is 0.432. The number of aryl methyl sites for hydroxylation is 2. The van der Waals surface area contributed by atoms with E-state index in [1.54, 1.807) is 12.1 Å². The third-order valence-electron chi connectivity index (χ3n) is 2.25. The number of benzene rings is 1. The van der Waals surface area contributed by atoms with Crippen molar-refractivity contribution in [2.75, 3.05) is 5.73 Å². The fraction of sp³-hybridized carbons (Fsp3) is 0.182. The third-order valence-corrected chi connectivity index (χ3v) is 2.74. The Balaban J connectivity index is 2.28. The highest BCUT2D eigenvalue weighted by molar-refractivity contribution is 9.10. The first-order valence-corrected chi connectivity index (χ1v) is 5.76. The van der Waals surface area contributed by atoms with Gasteiger partial charge in [0, 0.05) is 4.47 Å². The minimum atomic E-state index is 0.196. The number of hydrogen-bond acceptors (Lipinski definition) is 5. The average molecular weight is 295 g/mol. The molecule has 88 valence electrons. The third kappa shape index (κ3) is 2.71. The summed E-state index contributed by atoms with van der Waals surface area (Å²) in [5.74, 6) is 0.512. The van der Waals surface area contributed by atoms with Crippen molar-refractivity contribution < 1.29 is 4.74 Å². The molecule has 0 aliphatic heterocycles. The molecule has 1 aromatic carbocycles. The Hall–Kier alpha value is -1.69. The zero-order valence-electron chi connectivity index (χ0n) is 9.44. The van der Waals surface area contributed by atoms with Crippen LogP contribution in [0.15, 0.2) is 22.7 Å². The molecule has 0 atom stereocenters. The van der Waals surface area contributed by atoms with Crippen molar-refractivity contribution in [2.24, 2.45) is 0 Å². The summed E-state index contributed by atoms with van der Waals surface area (Å²) in [7, 11) is 0. The number of aromatic nitrogens is 3. The summed E-state index contributed by atoms with van der Waals surface area (Å²) in [6.45, 7) is 3.69. The zero-order valence-corrected chi connectivity index (χ0v) is 11.0. The molecule has 2 rings (SSSR count). The number of ether oxygens (including phenoxy) is 1. The van der Waals surface area contributed by atoms with E-state index in [1.807, 2.05) is 19.9 Å². The van der Waals surface area contributed by atoms with E-state index in [0.29, 0.717) is 11.4 Å². The predicted octanol–water partition coefficient (Wildman–Crippen LogP) is 2.63. The summed E-state index contributed by atoms with van der Waals surface area (Å²) >= 11 is 3.32. The lowest BCUT2D eigenvalue weighted by Gasteiger charge is -2.07. The Morgan fingerprint density at radius 3 is 2.59 bits per heavy atom. The Kier molecular flexibility index (Phi) is 3.23. The fourth-order valence-electron chi connectivity index (χ4n) is 1.19. The van der Waals surface area contributed by atoms with Crippen molar-refractivity contribution >= 4 is 21.6 Å². The average Bonchev–Trinajstić information content (AvgIpc) is 2.27. The van der Waals surface area contributed by atoms with E-state index in [1.165, 1.54) is 0 Å². The molecule has 2 N–H and O–H groups in total. The van der Waals surface area contributed by atoms with Gasteiger partial charge in [-0.2, -0.15) is 4.98 Å². The smallest absolute Gasteiger partial charge is 0.341 e. The second kappa shape index (κ2) is 4.67. The van der Waals surface area contributed by atoms with Gasteiger partial charge in [-0.25, -0.2) is 0 Å². The van der Waals surface area contributed by atoms with E-state index in [2.05, 4.69) is 31.1 Å². The second-order valence-electron chi connectivity index (χ2n) is 3.55. The molecule has 0 radical (unpaired) electrons. The minimum absolute atomic E-state index is 0.196. The normalized spacial score (nSPS) is 10.3. The zero-order chi connectivity index (χ0) is 12.4. The van der Waals surface area contributed by atoms with Gasteiger partial charge in [-0.1, -0.05) is 21.0 Å². The first kappa shape index (κ1) is 11.8. The molecule has 6 heteroatoms. The lowest BCUT2D eigenvalue weighted by atomic mass is 10.3. The Morgan fingerprint density at radius 2 is 1.94 bits per heavy atom. The maximum atomic E-state index is 5.81. The van der Waals surface area contributed by atoms with Gasteiger partial charge in [0.05, 0.1) is 17.1 Å². The van der Waals surface area contributed by atoms with Gasteiger partial charge in [0.2, 0.25) is 0 Å². The van der Waals surface area contributed by atoms with E-state index < -0.39 is 0 Å². The molecule has 0 spiro atoms. The summed E-state index contributed by atoms with van der Waals surface area (Å²) in [6, 6.07) is 5.53. The van der Waals surface area contributed by atoms with Crippen LogP contribution in [-0.2, 0) is 0 Å². The molecule has 0 saturated carbocycles. The van der Waals surface area contributed by atoms with Gasteiger partial charge in [-0.15, -0.1) is 5.10 Å². The Morgan fingerprint density at radius 1 is 1.18 bits per heavy atom. The SMILES string of the molecule is Cc1nnc(Oc2ccc(Br)cc2N)nc1C. The highest BCUT2D eigenvalue weighted by Gasteiger charge is 2.07. The molecule has 0 bridgehead atoms. The van der Waals surface area contributed by atoms with Crippen LogP contribution in [0, 0.1) is 13.8 Å². The van der Waals surface area contributed by atoms with Crippen LogP contribution in [0.4, 0.5) is 5.69 Å². The minimum Gasteiger partial charge on any atom is -0.421 e. The van der Waals surface area contributed by atoms with E-state index in [0.717, 1.165) is 15.9 Å². The lowest BCUT2D eigenvalue weighted by Crippen LogP contribution is -2.00. The molecule has 0 aliphatic carbocycles. The topological polar surface area (TPSA) is 73.9 Å². The fourth-order valence-corrected chi connectivity index (χ4v) is 1.57. The standard InChI is InChI=1S/C11H11BrN4O/c1-6-7(2)15-16-11(14-6)17-10-4-3-8(12)5-9(10)13/h3-5H,13H2,1-2H3. The quantitative estimate of drug-likeness (QED) is 0.862. The summed E-state index contributed by atoms with van der Waals surface area (Å²) in [5.41, 5.74) is 7.88.